The molecule has 0 radical (unpaired) electrons. The van der Waals surface area contributed by atoms with Crippen molar-refractivity contribution >= 4 is 11.6 Å². The fourth-order valence-electron chi connectivity index (χ4n) is 4.62. The Kier molecular flexibility index (Phi) is 6.63. The van der Waals surface area contributed by atoms with E-state index < -0.39 is 0 Å². The van der Waals surface area contributed by atoms with Gasteiger partial charge in [-0.3, -0.25) is 4.90 Å². The van der Waals surface area contributed by atoms with Gasteiger partial charge in [0, 0.05) is 17.7 Å². The Hall–Kier alpha value is -3.24. The highest BCUT2D eigenvalue weighted by Crippen LogP contribution is 2.42. The monoisotopic (exact) mass is 441 g/mol. The lowest BCUT2D eigenvalue weighted by Gasteiger charge is -2.28. The van der Waals surface area contributed by atoms with Gasteiger partial charge in [-0.2, -0.15) is 0 Å². The topological polar surface area (TPSA) is 30.9 Å². The Bertz CT molecular complexity index is 1080. The van der Waals surface area contributed by atoms with Gasteiger partial charge >= 0.3 is 0 Å². The second-order valence-corrected chi connectivity index (χ2v) is 8.68. The molecule has 0 bridgehead atoms. The first-order valence-corrected chi connectivity index (χ1v) is 11.9. The van der Waals surface area contributed by atoms with Gasteiger partial charge in [-0.25, -0.2) is 0 Å². The number of likely N-dealkylation sites (tertiary alicyclic amines) is 1. The van der Waals surface area contributed by atoms with Crippen LogP contribution in [0.1, 0.15) is 42.1 Å². The number of rotatable bonds is 7. The van der Waals surface area contributed by atoms with Crippen molar-refractivity contribution in [1.29, 1.82) is 0 Å². The second-order valence-electron chi connectivity index (χ2n) is 8.68. The van der Waals surface area contributed by atoms with Crippen molar-refractivity contribution in [3.8, 4) is 17.2 Å². The molecule has 0 spiro atoms. The van der Waals surface area contributed by atoms with Crippen molar-refractivity contribution in [2.45, 2.75) is 25.4 Å². The largest absolute Gasteiger partial charge is 0.497 e. The zero-order valence-electron chi connectivity index (χ0n) is 19.2. The summed E-state index contributed by atoms with van der Waals surface area (Å²) in [5.74, 6) is 2.66. The molecule has 5 rings (SSSR count). The number of nitrogens with zero attached hydrogens (tertiary/aromatic N) is 1. The highest BCUT2D eigenvalue weighted by molar-refractivity contribution is 5.88. The van der Waals surface area contributed by atoms with Crippen molar-refractivity contribution < 1.29 is 14.2 Å². The van der Waals surface area contributed by atoms with Crippen LogP contribution in [0.5, 0.6) is 17.2 Å². The number of hydrogen-bond donors (Lipinski definition) is 0. The van der Waals surface area contributed by atoms with Crippen LogP contribution in [0.3, 0.4) is 0 Å². The quantitative estimate of drug-likeness (QED) is 0.435. The number of ether oxygens (including phenoxy) is 3. The van der Waals surface area contributed by atoms with Gasteiger partial charge in [0.25, 0.3) is 0 Å². The first kappa shape index (κ1) is 21.6. The minimum Gasteiger partial charge on any atom is -0.497 e. The van der Waals surface area contributed by atoms with Gasteiger partial charge < -0.3 is 14.2 Å². The first-order chi connectivity index (χ1) is 16.3. The van der Waals surface area contributed by atoms with Crippen molar-refractivity contribution in [2.75, 3.05) is 33.4 Å². The molecule has 4 nitrogen and oxygen atoms in total. The van der Waals surface area contributed by atoms with E-state index in [2.05, 4.69) is 53.4 Å². The molecule has 1 atom stereocenters. The number of fused-ring (bicyclic) bond motifs is 1. The standard InChI is InChI=1S/C29H31NO3/c1-31-25-13-9-22(10-14-25)27-21-24-7-3-4-8-28(24)33-29(27)23-11-15-26(16-12-23)32-20-19-30-17-5-2-6-18-30/h3-4,7-16,21,29H,2,5-6,17-20H2,1H3/t29-/m0/s1. The van der Waals surface area contributed by atoms with Crippen LogP contribution in [0.4, 0.5) is 0 Å². The summed E-state index contributed by atoms with van der Waals surface area (Å²) < 4.78 is 17.9. The van der Waals surface area contributed by atoms with Crippen LogP contribution >= 0.6 is 0 Å². The molecular weight excluding hydrogens is 410 g/mol. The molecule has 1 fully saturated rings. The van der Waals surface area contributed by atoms with E-state index >= 15 is 0 Å². The van der Waals surface area contributed by atoms with E-state index in [1.807, 2.05) is 30.3 Å². The summed E-state index contributed by atoms with van der Waals surface area (Å²) in [6.45, 7) is 4.12. The summed E-state index contributed by atoms with van der Waals surface area (Å²) in [5.41, 5.74) is 4.46. The smallest absolute Gasteiger partial charge is 0.149 e. The lowest BCUT2D eigenvalue weighted by Crippen LogP contribution is -2.33. The highest BCUT2D eigenvalue weighted by atomic mass is 16.5. The molecule has 0 saturated carbocycles. The zero-order valence-corrected chi connectivity index (χ0v) is 19.2. The second kappa shape index (κ2) is 10.1. The molecule has 3 aromatic carbocycles. The first-order valence-electron chi connectivity index (χ1n) is 11.9. The van der Waals surface area contributed by atoms with Gasteiger partial charge in [0.1, 0.15) is 30.0 Å². The van der Waals surface area contributed by atoms with E-state index in [0.717, 1.165) is 52.7 Å². The van der Waals surface area contributed by atoms with E-state index in [0.29, 0.717) is 0 Å². The van der Waals surface area contributed by atoms with Crippen LogP contribution in [-0.4, -0.2) is 38.3 Å². The summed E-state index contributed by atoms with van der Waals surface area (Å²) in [6.07, 6.45) is 6.02. The van der Waals surface area contributed by atoms with E-state index in [1.54, 1.807) is 7.11 Å². The highest BCUT2D eigenvalue weighted by Gasteiger charge is 2.25. The number of benzene rings is 3. The van der Waals surface area contributed by atoms with E-state index in [1.165, 1.54) is 32.4 Å². The van der Waals surface area contributed by atoms with Crippen LogP contribution in [0.15, 0.2) is 72.8 Å². The van der Waals surface area contributed by atoms with Crippen LogP contribution in [0.25, 0.3) is 11.6 Å². The Labute approximate surface area is 196 Å². The van der Waals surface area contributed by atoms with E-state index in [-0.39, 0.29) is 6.10 Å². The Morgan fingerprint density at radius 3 is 2.33 bits per heavy atom. The van der Waals surface area contributed by atoms with E-state index in [9.17, 15) is 0 Å². The number of hydrogen-bond acceptors (Lipinski definition) is 4. The summed E-state index contributed by atoms with van der Waals surface area (Å²) in [7, 11) is 1.69. The maximum absolute atomic E-state index is 6.49. The molecule has 33 heavy (non-hydrogen) atoms. The van der Waals surface area contributed by atoms with Crippen molar-refractivity contribution in [2.24, 2.45) is 0 Å². The fourth-order valence-corrected chi connectivity index (χ4v) is 4.62. The van der Waals surface area contributed by atoms with Gasteiger partial charge in [-0.1, -0.05) is 48.9 Å². The van der Waals surface area contributed by atoms with E-state index in [4.69, 9.17) is 14.2 Å². The van der Waals surface area contributed by atoms with Gasteiger partial charge in [-0.05, 0) is 73.5 Å². The predicted octanol–water partition coefficient (Wildman–Crippen LogP) is 6.23. The maximum Gasteiger partial charge on any atom is 0.149 e. The third kappa shape index (κ3) is 5.07. The average molecular weight is 442 g/mol. The SMILES string of the molecule is COc1ccc(C2=Cc3ccccc3O[C@H]2c2ccc(OCCN3CCCCC3)cc2)cc1. The summed E-state index contributed by atoms with van der Waals surface area (Å²) in [5, 5.41) is 0. The van der Waals surface area contributed by atoms with Crippen LogP contribution in [0.2, 0.25) is 0 Å². The third-order valence-electron chi connectivity index (χ3n) is 6.49. The zero-order chi connectivity index (χ0) is 22.5. The number of piperidine rings is 1. The average Bonchev–Trinajstić information content (AvgIpc) is 2.89. The summed E-state index contributed by atoms with van der Waals surface area (Å²) in [4.78, 5) is 2.50. The molecule has 3 aromatic rings. The molecule has 0 unspecified atom stereocenters. The lowest BCUT2D eigenvalue weighted by molar-refractivity contribution is 0.183. The van der Waals surface area contributed by atoms with Gasteiger partial charge in [0.2, 0.25) is 0 Å². The van der Waals surface area contributed by atoms with Crippen LogP contribution in [0, 0.1) is 0 Å². The molecule has 4 heteroatoms. The Morgan fingerprint density at radius 2 is 1.58 bits per heavy atom. The molecule has 2 heterocycles. The fraction of sp³-hybridized carbons (Fsp3) is 0.310. The summed E-state index contributed by atoms with van der Waals surface area (Å²) >= 11 is 0. The normalized spacial score (nSPS) is 18.1. The lowest BCUT2D eigenvalue weighted by atomic mass is 9.91. The molecule has 170 valence electrons. The molecular formula is C29H31NO3. The van der Waals surface area contributed by atoms with Crippen LogP contribution in [-0.2, 0) is 0 Å². The molecule has 2 aliphatic rings. The van der Waals surface area contributed by atoms with Crippen molar-refractivity contribution in [1.82, 2.24) is 4.90 Å². The molecule has 2 aliphatic heterocycles. The Balaban J connectivity index is 1.33. The third-order valence-corrected chi connectivity index (χ3v) is 6.49. The number of methoxy groups -OCH3 is 1. The van der Waals surface area contributed by atoms with Crippen LogP contribution < -0.4 is 14.2 Å². The van der Waals surface area contributed by atoms with Gasteiger partial charge in [0.15, 0.2) is 0 Å². The Morgan fingerprint density at radius 1 is 0.848 bits per heavy atom. The molecule has 1 saturated heterocycles. The molecule has 0 N–H and O–H groups in total. The number of para-hydroxylation sites is 1. The van der Waals surface area contributed by atoms with Crippen molar-refractivity contribution in [3.63, 3.8) is 0 Å². The minimum absolute atomic E-state index is 0.185. The predicted molar refractivity (Wildman–Crippen MR) is 133 cm³/mol. The van der Waals surface area contributed by atoms with Crippen molar-refractivity contribution in [3.05, 3.63) is 89.5 Å². The summed E-state index contributed by atoms with van der Waals surface area (Å²) in [6, 6.07) is 24.7. The van der Waals surface area contributed by atoms with Gasteiger partial charge in [-0.15, -0.1) is 0 Å². The maximum atomic E-state index is 6.49. The van der Waals surface area contributed by atoms with Gasteiger partial charge in [0.05, 0.1) is 7.11 Å². The minimum atomic E-state index is -0.185. The molecule has 0 amide bonds. The molecule has 0 aliphatic carbocycles. The molecule has 0 aromatic heterocycles.